The minimum absolute atomic E-state index is 0.109. The van der Waals surface area contributed by atoms with Crippen LogP contribution in [0.1, 0.15) is 29.3 Å². The first-order valence-electron chi connectivity index (χ1n) is 6.97. The number of amides is 2. The topological polar surface area (TPSA) is 84.2 Å². The summed E-state index contributed by atoms with van der Waals surface area (Å²) in [5, 5.41) is 5.55. The first kappa shape index (κ1) is 17.5. The molecule has 6 heteroatoms. The molecule has 0 aliphatic carbocycles. The Morgan fingerprint density at radius 3 is 2.76 bits per heavy atom. The van der Waals surface area contributed by atoms with Gasteiger partial charge in [-0.05, 0) is 43.0 Å². The predicted molar refractivity (Wildman–Crippen MR) is 87.3 cm³/mol. The fourth-order valence-electron chi connectivity index (χ4n) is 1.78. The summed E-state index contributed by atoms with van der Waals surface area (Å²) in [4.78, 5) is 23.6. The third-order valence-corrected chi connectivity index (χ3v) is 3.61. The number of thioether (sulfide) groups is 1. The van der Waals surface area contributed by atoms with Gasteiger partial charge in [-0.15, -0.1) is 0 Å². The van der Waals surface area contributed by atoms with Crippen molar-refractivity contribution in [1.29, 1.82) is 0 Å². The zero-order chi connectivity index (χ0) is 15.7. The first-order valence-corrected chi connectivity index (χ1v) is 8.37. The molecule has 1 atom stereocenters. The number of nitrogens with two attached hydrogens (primary N) is 1. The van der Waals surface area contributed by atoms with E-state index in [0.29, 0.717) is 25.1 Å². The van der Waals surface area contributed by atoms with Crippen LogP contribution in [0.25, 0.3) is 0 Å². The molecule has 1 rings (SSSR count). The molecule has 0 aliphatic rings. The van der Waals surface area contributed by atoms with Crippen LogP contribution in [0, 0.1) is 0 Å². The van der Waals surface area contributed by atoms with Gasteiger partial charge in [0.1, 0.15) is 0 Å². The molecule has 21 heavy (non-hydrogen) atoms. The maximum absolute atomic E-state index is 11.8. The van der Waals surface area contributed by atoms with Crippen LogP contribution < -0.4 is 16.4 Å². The standard InChI is InChI=1S/C15H23N3O2S/c1-3-17-14(19)12-6-4-5-11(9-12)10-18-15(20)13(16)7-8-21-2/h4-6,9,13H,3,7-8,10,16H2,1-2H3,(H,17,19)(H,18,20). The lowest BCUT2D eigenvalue weighted by Gasteiger charge is -2.12. The lowest BCUT2D eigenvalue weighted by molar-refractivity contribution is -0.122. The molecule has 1 aromatic carbocycles. The Balaban J connectivity index is 2.53. The van der Waals surface area contributed by atoms with Gasteiger partial charge in [0.15, 0.2) is 0 Å². The van der Waals surface area contributed by atoms with Crippen molar-refractivity contribution in [1.82, 2.24) is 10.6 Å². The molecular formula is C15H23N3O2S. The Hall–Kier alpha value is -1.53. The second-order valence-corrected chi connectivity index (χ2v) is 5.65. The molecule has 0 bridgehead atoms. The number of hydrogen-bond donors (Lipinski definition) is 3. The summed E-state index contributed by atoms with van der Waals surface area (Å²) < 4.78 is 0. The molecule has 1 aromatic rings. The van der Waals surface area contributed by atoms with Gasteiger partial charge >= 0.3 is 0 Å². The number of hydrogen-bond acceptors (Lipinski definition) is 4. The highest BCUT2D eigenvalue weighted by molar-refractivity contribution is 7.98. The van der Waals surface area contributed by atoms with Gasteiger partial charge in [-0.1, -0.05) is 12.1 Å². The Kier molecular flexibility index (Phi) is 7.85. The molecule has 0 saturated heterocycles. The Morgan fingerprint density at radius 2 is 2.10 bits per heavy atom. The molecule has 1 unspecified atom stereocenters. The van der Waals surface area contributed by atoms with Crippen LogP contribution in [0.2, 0.25) is 0 Å². The van der Waals surface area contributed by atoms with Crippen molar-refractivity contribution in [2.24, 2.45) is 5.73 Å². The van der Waals surface area contributed by atoms with Gasteiger partial charge in [0, 0.05) is 18.7 Å². The van der Waals surface area contributed by atoms with E-state index in [2.05, 4.69) is 10.6 Å². The van der Waals surface area contributed by atoms with Crippen molar-refractivity contribution in [3.8, 4) is 0 Å². The zero-order valence-corrected chi connectivity index (χ0v) is 13.3. The monoisotopic (exact) mass is 309 g/mol. The third kappa shape index (κ3) is 6.18. The van der Waals surface area contributed by atoms with Gasteiger partial charge in [0.25, 0.3) is 5.91 Å². The molecule has 0 fully saturated rings. The van der Waals surface area contributed by atoms with Gasteiger partial charge in [-0.3, -0.25) is 9.59 Å². The lowest BCUT2D eigenvalue weighted by atomic mass is 10.1. The van der Waals surface area contributed by atoms with E-state index in [1.165, 1.54) is 0 Å². The average Bonchev–Trinajstić information content (AvgIpc) is 2.50. The quantitative estimate of drug-likeness (QED) is 0.672. The summed E-state index contributed by atoms with van der Waals surface area (Å²) in [6.45, 7) is 2.83. The van der Waals surface area contributed by atoms with Gasteiger partial charge < -0.3 is 16.4 Å². The Labute approximate surface area is 130 Å². The van der Waals surface area contributed by atoms with Crippen molar-refractivity contribution in [3.05, 3.63) is 35.4 Å². The van der Waals surface area contributed by atoms with E-state index in [-0.39, 0.29) is 11.8 Å². The maximum Gasteiger partial charge on any atom is 0.251 e. The smallest absolute Gasteiger partial charge is 0.251 e. The molecule has 4 N–H and O–H groups in total. The normalized spacial score (nSPS) is 11.8. The second-order valence-electron chi connectivity index (χ2n) is 4.67. The summed E-state index contributed by atoms with van der Waals surface area (Å²) >= 11 is 1.67. The summed E-state index contributed by atoms with van der Waals surface area (Å²) in [6.07, 6.45) is 2.64. The summed E-state index contributed by atoms with van der Waals surface area (Å²) in [5.41, 5.74) is 7.27. The summed E-state index contributed by atoms with van der Waals surface area (Å²) in [7, 11) is 0. The van der Waals surface area contributed by atoms with E-state index < -0.39 is 6.04 Å². The largest absolute Gasteiger partial charge is 0.352 e. The van der Waals surface area contributed by atoms with E-state index in [9.17, 15) is 9.59 Å². The fourth-order valence-corrected chi connectivity index (χ4v) is 2.27. The van der Waals surface area contributed by atoms with Gasteiger partial charge in [0.05, 0.1) is 6.04 Å². The molecule has 0 saturated carbocycles. The zero-order valence-electron chi connectivity index (χ0n) is 12.5. The Bertz CT molecular complexity index is 480. The highest BCUT2D eigenvalue weighted by Crippen LogP contribution is 2.06. The molecule has 2 amide bonds. The van der Waals surface area contributed by atoms with Crippen LogP contribution in [-0.2, 0) is 11.3 Å². The van der Waals surface area contributed by atoms with Crippen molar-refractivity contribution in [3.63, 3.8) is 0 Å². The SMILES string of the molecule is CCNC(=O)c1cccc(CNC(=O)C(N)CCSC)c1. The van der Waals surface area contributed by atoms with Crippen LogP contribution in [0.5, 0.6) is 0 Å². The average molecular weight is 309 g/mol. The number of benzene rings is 1. The van der Waals surface area contributed by atoms with Crippen molar-refractivity contribution in [2.75, 3.05) is 18.6 Å². The van der Waals surface area contributed by atoms with E-state index in [1.807, 2.05) is 19.2 Å². The second kappa shape index (κ2) is 9.41. The van der Waals surface area contributed by atoms with Crippen molar-refractivity contribution >= 4 is 23.6 Å². The highest BCUT2D eigenvalue weighted by atomic mass is 32.2. The molecular weight excluding hydrogens is 286 g/mol. The molecule has 0 spiro atoms. The highest BCUT2D eigenvalue weighted by Gasteiger charge is 2.12. The maximum atomic E-state index is 11.8. The van der Waals surface area contributed by atoms with Crippen LogP contribution in [-0.4, -0.2) is 36.4 Å². The molecule has 0 radical (unpaired) electrons. The number of carbonyl (C=O) groups excluding carboxylic acids is 2. The van der Waals surface area contributed by atoms with Crippen molar-refractivity contribution in [2.45, 2.75) is 25.9 Å². The minimum atomic E-state index is -0.482. The number of nitrogens with one attached hydrogen (secondary N) is 2. The minimum Gasteiger partial charge on any atom is -0.352 e. The molecule has 5 nitrogen and oxygen atoms in total. The number of rotatable bonds is 8. The summed E-state index contributed by atoms with van der Waals surface area (Å²) in [6, 6.07) is 6.72. The molecule has 0 aromatic heterocycles. The van der Waals surface area contributed by atoms with Gasteiger partial charge in [0.2, 0.25) is 5.91 Å². The lowest BCUT2D eigenvalue weighted by Crippen LogP contribution is -2.40. The predicted octanol–water partition coefficient (Wildman–Crippen LogP) is 1.13. The van der Waals surface area contributed by atoms with E-state index in [4.69, 9.17) is 5.73 Å². The fraction of sp³-hybridized carbons (Fsp3) is 0.467. The van der Waals surface area contributed by atoms with Crippen molar-refractivity contribution < 1.29 is 9.59 Å². The molecule has 116 valence electrons. The summed E-state index contributed by atoms with van der Waals surface area (Å²) in [5.74, 6) is 0.594. The molecule has 0 aliphatic heterocycles. The van der Waals surface area contributed by atoms with E-state index in [0.717, 1.165) is 11.3 Å². The van der Waals surface area contributed by atoms with Gasteiger partial charge in [-0.2, -0.15) is 11.8 Å². The third-order valence-electron chi connectivity index (χ3n) is 2.96. The Morgan fingerprint density at radius 1 is 1.33 bits per heavy atom. The van der Waals surface area contributed by atoms with Crippen LogP contribution in [0.4, 0.5) is 0 Å². The van der Waals surface area contributed by atoms with Crippen LogP contribution >= 0.6 is 11.8 Å². The van der Waals surface area contributed by atoms with E-state index >= 15 is 0 Å². The van der Waals surface area contributed by atoms with Gasteiger partial charge in [-0.25, -0.2) is 0 Å². The first-order chi connectivity index (χ1) is 10.1. The van der Waals surface area contributed by atoms with Crippen LogP contribution in [0.15, 0.2) is 24.3 Å². The number of carbonyl (C=O) groups is 2. The molecule has 0 heterocycles. The van der Waals surface area contributed by atoms with Crippen LogP contribution in [0.3, 0.4) is 0 Å². The van der Waals surface area contributed by atoms with E-state index in [1.54, 1.807) is 30.0 Å².